The van der Waals surface area contributed by atoms with Crippen LogP contribution in [0.4, 0.5) is 5.69 Å². The molecule has 0 aliphatic carbocycles. The van der Waals surface area contributed by atoms with Gasteiger partial charge in [0.25, 0.3) is 5.91 Å². The van der Waals surface area contributed by atoms with Crippen LogP contribution in [-0.4, -0.2) is 79.3 Å². The summed E-state index contributed by atoms with van der Waals surface area (Å²) in [5, 5.41) is 23.6. The fourth-order valence-electron chi connectivity index (χ4n) is 3.75. The Morgan fingerprint density at radius 1 is 1.16 bits per heavy atom. The predicted molar refractivity (Wildman–Crippen MR) is 134 cm³/mol. The maximum Gasteiger partial charge on any atom is 0.351 e. The molecule has 1 aliphatic heterocycles. The lowest BCUT2D eigenvalue weighted by molar-refractivity contribution is -0.908. The van der Waals surface area contributed by atoms with E-state index in [4.69, 9.17) is 34.0 Å². The monoisotopic (exact) mass is 526 g/mol. The van der Waals surface area contributed by atoms with Crippen LogP contribution in [0.15, 0.2) is 54.7 Å². The number of ether oxygens (including phenoxy) is 3. The van der Waals surface area contributed by atoms with E-state index in [1.165, 1.54) is 4.90 Å². The molecule has 1 aliphatic rings. The van der Waals surface area contributed by atoms with E-state index in [0.29, 0.717) is 23.6 Å². The van der Waals surface area contributed by atoms with E-state index in [0.717, 1.165) is 49.9 Å². The topological polar surface area (TPSA) is 156 Å². The number of quaternary nitrogens is 1. The van der Waals surface area contributed by atoms with Crippen LogP contribution in [0.2, 0.25) is 0 Å². The van der Waals surface area contributed by atoms with Crippen molar-refractivity contribution in [2.24, 2.45) is 7.05 Å². The number of hydrogen-bond donors (Lipinski definition) is 3. The van der Waals surface area contributed by atoms with Gasteiger partial charge in [0.15, 0.2) is 5.97 Å². The first-order valence-corrected chi connectivity index (χ1v) is 11.8. The lowest BCUT2D eigenvalue weighted by Crippen LogP contribution is -3.14. The van der Waals surface area contributed by atoms with Gasteiger partial charge in [0.2, 0.25) is 0 Å². The molecule has 38 heavy (non-hydrogen) atoms. The molecule has 1 saturated heterocycles. The number of nitrogens with zero attached hydrogens (tertiary/aromatic N) is 2. The molecule has 12 nitrogen and oxygen atoms in total. The highest BCUT2D eigenvalue weighted by molar-refractivity contribution is 6.26. The molecular formula is C26H30N4O8. The molecule has 12 heteroatoms. The Kier molecular flexibility index (Phi) is 10.2. The Bertz CT molecular complexity index is 1240. The maximum atomic E-state index is 12.8. The number of morpholine rings is 1. The van der Waals surface area contributed by atoms with E-state index < -0.39 is 11.9 Å². The van der Waals surface area contributed by atoms with Gasteiger partial charge in [0.05, 0.1) is 26.0 Å². The minimum Gasteiger partial charge on any atom is -0.539 e. The number of carboxylic acids is 2. The fraction of sp³-hybridized carbons (Fsp3) is 0.308. The van der Waals surface area contributed by atoms with Gasteiger partial charge in [-0.1, -0.05) is 6.07 Å². The molecule has 1 fully saturated rings. The number of aromatic nitrogens is 2. The highest BCUT2D eigenvalue weighted by Gasteiger charge is 2.16. The third-order valence-electron chi connectivity index (χ3n) is 5.75. The maximum absolute atomic E-state index is 12.8. The number of carbonyl (C=O) groups excluding carboxylic acids is 2. The molecular weight excluding hydrogens is 496 g/mol. The van der Waals surface area contributed by atoms with Gasteiger partial charge in [-0.3, -0.25) is 9.48 Å². The van der Waals surface area contributed by atoms with E-state index in [9.17, 15) is 4.79 Å². The van der Waals surface area contributed by atoms with Gasteiger partial charge in [-0.15, -0.1) is 0 Å². The first kappa shape index (κ1) is 28.2. The first-order valence-electron chi connectivity index (χ1n) is 11.8. The van der Waals surface area contributed by atoms with Crippen LogP contribution in [0.3, 0.4) is 0 Å². The van der Waals surface area contributed by atoms with Crippen molar-refractivity contribution in [3.8, 4) is 22.8 Å². The highest BCUT2D eigenvalue weighted by Crippen LogP contribution is 2.32. The molecule has 2 heterocycles. The van der Waals surface area contributed by atoms with E-state index in [-0.39, 0.29) is 5.91 Å². The second-order valence-corrected chi connectivity index (χ2v) is 8.29. The largest absolute Gasteiger partial charge is 0.539 e. The number of hydrogen-bond acceptors (Lipinski definition) is 8. The van der Waals surface area contributed by atoms with Crippen LogP contribution in [0, 0.1) is 0 Å². The van der Waals surface area contributed by atoms with Gasteiger partial charge in [-0.05, 0) is 42.5 Å². The molecule has 0 bridgehead atoms. The summed E-state index contributed by atoms with van der Waals surface area (Å²) in [6, 6.07) is 14.7. The van der Waals surface area contributed by atoms with Crippen LogP contribution >= 0.6 is 0 Å². The van der Waals surface area contributed by atoms with E-state index >= 15 is 0 Å². The van der Waals surface area contributed by atoms with Crippen molar-refractivity contribution >= 4 is 23.5 Å². The van der Waals surface area contributed by atoms with Crippen LogP contribution in [0.25, 0.3) is 11.3 Å². The van der Waals surface area contributed by atoms with Gasteiger partial charge in [-0.2, -0.15) is 5.10 Å². The SMILES string of the molecule is COc1cccc(C(=O)Nc2ccc(OCC[NH+]3CCOCC3)c(-c3ccnn3C)c2)c1.O=C([O-])C(=O)O. The normalized spacial score (nSPS) is 13.1. The van der Waals surface area contributed by atoms with E-state index in [2.05, 4.69) is 10.4 Å². The average molecular weight is 527 g/mol. The Hall–Kier alpha value is -4.42. The van der Waals surface area contributed by atoms with Crippen LogP contribution in [0.1, 0.15) is 10.4 Å². The number of rotatable bonds is 8. The second-order valence-electron chi connectivity index (χ2n) is 8.29. The number of aryl methyl sites for hydroxylation is 1. The number of carbonyl (C=O) groups is 3. The number of anilines is 1. The zero-order valence-corrected chi connectivity index (χ0v) is 21.1. The molecule has 202 valence electrons. The molecule has 2 aromatic carbocycles. The standard InChI is InChI=1S/C24H28N4O4.C2H2O4/c1-27-22(8-9-25-27)21-17-19(26-24(29)18-4-3-5-20(16-18)30-2)6-7-23(21)32-15-12-28-10-13-31-14-11-28;3-1(4)2(5)6/h3-9,16-17H,10-15H2,1-2H3,(H,26,29);(H,3,4)(H,5,6). The van der Waals surface area contributed by atoms with Crippen molar-refractivity contribution in [1.29, 1.82) is 0 Å². The summed E-state index contributed by atoms with van der Waals surface area (Å²) in [5.41, 5.74) is 3.00. The molecule has 0 saturated carbocycles. The van der Waals surface area contributed by atoms with Gasteiger partial charge < -0.3 is 39.4 Å². The Morgan fingerprint density at radius 2 is 1.89 bits per heavy atom. The second kappa shape index (κ2) is 13.8. The summed E-state index contributed by atoms with van der Waals surface area (Å²) >= 11 is 0. The smallest absolute Gasteiger partial charge is 0.351 e. The van der Waals surface area contributed by atoms with Crippen molar-refractivity contribution in [3.63, 3.8) is 0 Å². The van der Waals surface area contributed by atoms with Crippen molar-refractivity contribution in [2.45, 2.75) is 0 Å². The summed E-state index contributed by atoms with van der Waals surface area (Å²) in [7, 11) is 3.47. The lowest BCUT2D eigenvalue weighted by Gasteiger charge is -2.24. The molecule has 4 rings (SSSR count). The molecule has 0 spiro atoms. The van der Waals surface area contributed by atoms with Gasteiger partial charge in [0.1, 0.15) is 37.7 Å². The van der Waals surface area contributed by atoms with Gasteiger partial charge in [-0.25, -0.2) is 4.79 Å². The Balaban J connectivity index is 0.000000599. The summed E-state index contributed by atoms with van der Waals surface area (Å²) in [6.45, 7) is 5.15. The molecule has 3 N–H and O–H groups in total. The molecule has 1 amide bonds. The number of benzene rings is 2. The Labute approximate surface area is 219 Å². The molecule has 0 atom stereocenters. The molecule has 1 aromatic heterocycles. The zero-order chi connectivity index (χ0) is 27.5. The number of amides is 1. The minimum absolute atomic E-state index is 0.204. The number of methoxy groups -OCH3 is 1. The summed E-state index contributed by atoms with van der Waals surface area (Å²) < 4.78 is 18.6. The predicted octanol–water partition coefficient (Wildman–Crippen LogP) is -0.537. The number of carboxylic acid groups (broad SMARTS) is 2. The molecule has 3 aromatic rings. The van der Waals surface area contributed by atoms with Crippen LogP contribution in [-0.2, 0) is 21.4 Å². The van der Waals surface area contributed by atoms with Crippen molar-refractivity contribution in [2.75, 3.05) is 51.9 Å². The molecule has 0 radical (unpaired) electrons. The third kappa shape index (κ3) is 8.05. The van der Waals surface area contributed by atoms with Crippen LogP contribution < -0.4 is 24.8 Å². The highest BCUT2D eigenvalue weighted by atomic mass is 16.5. The average Bonchev–Trinajstić information content (AvgIpc) is 3.35. The van der Waals surface area contributed by atoms with Crippen molar-refractivity contribution < 1.29 is 43.7 Å². The fourth-order valence-corrected chi connectivity index (χ4v) is 3.75. The zero-order valence-electron chi connectivity index (χ0n) is 21.1. The number of nitrogens with one attached hydrogen (secondary N) is 2. The van der Waals surface area contributed by atoms with Gasteiger partial charge in [0, 0.05) is 30.1 Å². The van der Waals surface area contributed by atoms with Crippen molar-refractivity contribution in [1.82, 2.24) is 9.78 Å². The van der Waals surface area contributed by atoms with E-state index in [1.54, 1.807) is 36.2 Å². The van der Waals surface area contributed by atoms with Crippen LogP contribution in [0.5, 0.6) is 11.5 Å². The Morgan fingerprint density at radius 3 is 2.53 bits per heavy atom. The third-order valence-corrected chi connectivity index (χ3v) is 5.75. The van der Waals surface area contributed by atoms with Crippen molar-refractivity contribution in [3.05, 3.63) is 60.3 Å². The van der Waals surface area contributed by atoms with Gasteiger partial charge >= 0.3 is 5.97 Å². The quantitative estimate of drug-likeness (QED) is 0.328. The molecule has 0 unspecified atom stereocenters. The summed E-state index contributed by atoms with van der Waals surface area (Å²) in [6.07, 6.45) is 1.75. The lowest BCUT2D eigenvalue weighted by atomic mass is 10.1. The first-order chi connectivity index (χ1) is 18.3. The summed E-state index contributed by atoms with van der Waals surface area (Å²) in [4.78, 5) is 32.3. The van der Waals surface area contributed by atoms with E-state index in [1.807, 2.05) is 37.4 Å². The summed E-state index contributed by atoms with van der Waals surface area (Å²) in [5.74, 6) is -2.81. The minimum atomic E-state index is -2.07. The number of aliphatic carboxylic acids is 2.